The SMILES string of the molecule is CC(=O)N1CCC(C(=O)NC2C3CCCC2CC(N)C3)CC1.Cl. The van der Waals surface area contributed by atoms with Crippen molar-refractivity contribution in [3.8, 4) is 0 Å². The number of rotatable bonds is 2. The predicted molar refractivity (Wildman–Crippen MR) is 92.2 cm³/mol. The van der Waals surface area contributed by atoms with Gasteiger partial charge in [-0.25, -0.2) is 0 Å². The first-order chi connectivity index (χ1) is 10.5. The Morgan fingerprint density at radius 1 is 1.04 bits per heavy atom. The normalized spacial score (nSPS) is 34.4. The first-order valence-electron chi connectivity index (χ1n) is 8.86. The van der Waals surface area contributed by atoms with Gasteiger partial charge in [0, 0.05) is 38.0 Å². The fourth-order valence-corrected chi connectivity index (χ4v) is 4.76. The molecule has 2 saturated carbocycles. The van der Waals surface area contributed by atoms with Crippen LogP contribution < -0.4 is 11.1 Å². The number of hydrogen-bond acceptors (Lipinski definition) is 3. The number of halogens is 1. The van der Waals surface area contributed by atoms with Crippen LogP contribution in [-0.4, -0.2) is 41.9 Å². The molecule has 0 radical (unpaired) electrons. The van der Waals surface area contributed by atoms with Gasteiger partial charge in [0.2, 0.25) is 11.8 Å². The Hall–Kier alpha value is -0.810. The molecule has 2 amide bonds. The van der Waals surface area contributed by atoms with E-state index in [1.54, 1.807) is 6.92 Å². The van der Waals surface area contributed by atoms with E-state index in [2.05, 4.69) is 5.32 Å². The molecule has 1 aliphatic heterocycles. The standard InChI is InChI=1S/C17H29N3O2.ClH/c1-11(21)20-7-5-12(6-8-20)17(22)19-16-13-3-2-4-14(16)10-15(18)9-13;/h12-16H,2-10,18H2,1H3,(H,19,22);1H. The largest absolute Gasteiger partial charge is 0.353 e. The lowest BCUT2D eigenvalue weighted by atomic mass is 9.67. The molecule has 2 bridgehead atoms. The second kappa shape index (κ2) is 7.84. The van der Waals surface area contributed by atoms with Gasteiger partial charge in [0.05, 0.1) is 0 Å². The summed E-state index contributed by atoms with van der Waals surface area (Å²) in [6.45, 7) is 3.04. The molecule has 5 nitrogen and oxygen atoms in total. The smallest absolute Gasteiger partial charge is 0.223 e. The van der Waals surface area contributed by atoms with Crippen molar-refractivity contribution in [2.45, 2.75) is 64.0 Å². The third-order valence-corrected chi connectivity index (χ3v) is 6.00. The fraction of sp³-hybridized carbons (Fsp3) is 0.882. The van der Waals surface area contributed by atoms with E-state index in [9.17, 15) is 9.59 Å². The average molecular weight is 344 g/mol. The van der Waals surface area contributed by atoms with E-state index in [0.717, 1.165) is 38.8 Å². The molecule has 2 atom stereocenters. The summed E-state index contributed by atoms with van der Waals surface area (Å²) in [5, 5.41) is 3.36. The maximum absolute atomic E-state index is 12.6. The van der Waals surface area contributed by atoms with Gasteiger partial charge in [-0.3, -0.25) is 9.59 Å². The molecule has 0 aromatic carbocycles. The van der Waals surface area contributed by atoms with Crippen LogP contribution >= 0.6 is 12.4 Å². The quantitative estimate of drug-likeness (QED) is 0.801. The van der Waals surface area contributed by atoms with Crippen molar-refractivity contribution in [3.63, 3.8) is 0 Å². The molecular formula is C17H30ClN3O2. The number of likely N-dealkylation sites (tertiary alicyclic amines) is 1. The zero-order valence-electron chi connectivity index (χ0n) is 14.0. The zero-order chi connectivity index (χ0) is 15.7. The summed E-state index contributed by atoms with van der Waals surface area (Å²) >= 11 is 0. The molecule has 2 aliphatic carbocycles. The number of hydrogen-bond donors (Lipinski definition) is 2. The lowest BCUT2D eigenvalue weighted by Crippen LogP contribution is -2.55. The van der Waals surface area contributed by atoms with Gasteiger partial charge in [-0.1, -0.05) is 6.42 Å². The van der Waals surface area contributed by atoms with E-state index >= 15 is 0 Å². The highest BCUT2D eigenvalue weighted by atomic mass is 35.5. The van der Waals surface area contributed by atoms with Crippen LogP contribution in [0.1, 0.15) is 51.9 Å². The lowest BCUT2D eigenvalue weighted by molar-refractivity contribution is -0.134. The van der Waals surface area contributed by atoms with Crippen molar-refractivity contribution >= 4 is 24.2 Å². The number of carbonyl (C=O) groups excluding carboxylic acids is 2. The number of amides is 2. The third-order valence-electron chi connectivity index (χ3n) is 6.00. The van der Waals surface area contributed by atoms with Crippen molar-refractivity contribution in [1.82, 2.24) is 10.2 Å². The summed E-state index contributed by atoms with van der Waals surface area (Å²) in [4.78, 5) is 25.8. The lowest BCUT2D eigenvalue weighted by Gasteiger charge is -2.45. The molecule has 23 heavy (non-hydrogen) atoms. The highest BCUT2D eigenvalue weighted by Gasteiger charge is 2.40. The van der Waals surface area contributed by atoms with Crippen LogP contribution in [0.2, 0.25) is 0 Å². The van der Waals surface area contributed by atoms with Crippen LogP contribution in [0.5, 0.6) is 0 Å². The Balaban J connectivity index is 0.00000192. The fourth-order valence-electron chi connectivity index (χ4n) is 4.76. The predicted octanol–water partition coefficient (Wildman–Crippen LogP) is 1.69. The van der Waals surface area contributed by atoms with Gasteiger partial charge < -0.3 is 16.0 Å². The topological polar surface area (TPSA) is 75.4 Å². The first-order valence-corrected chi connectivity index (χ1v) is 8.86. The van der Waals surface area contributed by atoms with Crippen LogP contribution in [0, 0.1) is 17.8 Å². The van der Waals surface area contributed by atoms with Crippen LogP contribution in [0.4, 0.5) is 0 Å². The first kappa shape index (κ1) is 18.5. The van der Waals surface area contributed by atoms with E-state index in [4.69, 9.17) is 5.73 Å². The Kier molecular flexibility index (Phi) is 6.32. The van der Waals surface area contributed by atoms with Crippen LogP contribution in [-0.2, 0) is 9.59 Å². The molecule has 3 aliphatic rings. The molecule has 0 spiro atoms. The van der Waals surface area contributed by atoms with E-state index < -0.39 is 0 Å². The summed E-state index contributed by atoms with van der Waals surface area (Å²) in [7, 11) is 0. The minimum absolute atomic E-state index is 0. The monoisotopic (exact) mass is 343 g/mol. The molecule has 132 valence electrons. The number of carbonyl (C=O) groups is 2. The molecule has 3 fully saturated rings. The minimum Gasteiger partial charge on any atom is -0.353 e. The summed E-state index contributed by atoms with van der Waals surface area (Å²) in [6, 6.07) is 0.661. The van der Waals surface area contributed by atoms with Gasteiger partial charge in [0.15, 0.2) is 0 Å². The van der Waals surface area contributed by atoms with Gasteiger partial charge in [0.1, 0.15) is 0 Å². The highest BCUT2D eigenvalue weighted by Crippen LogP contribution is 2.39. The number of fused-ring (bicyclic) bond motifs is 2. The third kappa shape index (κ3) is 4.18. The summed E-state index contributed by atoms with van der Waals surface area (Å²) < 4.78 is 0. The van der Waals surface area contributed by atoms with Crippen molar-refractivity contribution in [1.29, 1.82) is 0 Å². The van der Waals surface area contributed by atoms with Gasteiger partial charge in [-0.2, -0.15) is 0 Å². The number of nitrogens with one attached hydrogen (secondary N) is 1. The van der Waals surface area contributed by atoms with Gasteiger partial charge >= 0.3 is 0 Å². The van der Waals surface area contributed by atoms with Crippen LogP contribution in [0.15, 0.2) is 0 Å². The summed E-state index contributed by atoms with van der Waals surface area (Å²) in [5.41, 5.74) is 6.15. The summed E-state index contributed by atoms with van der Waals surface area (Å²) in [5.74, 6) is 1.55. The van der Waals surface area contributed by atoms with E-state index in [1.807, 2.05) is 4.90 Å². The molecule has 6 heteroatoms. The molecule has 0 aromatic heterocycles. The average Bonchev–Trinajstić information content (AvgIpc) is 2.48. The maximum atomic E-state index is 12.6. The van der Waals surface area contributed by atoms with Gasteiger partial charge in [-0.05, 0) is 50.4 Å². The van der Waals surface area contributed by atoms with Crippen LogP contribution in [0.3, 0.4) is 0 Å². The Morgan fingerprint density at radius 3 is 2.13 bits per heavy atom. The number of piperidine rings is 1. The van der Waals surface area contributed by atoms with E-state index in [0.29, 0.717) is 23.9 Å². The zero-order valence-corrected chi connectivity index (χ0v) is 14.8. The van der Waals surface area contributed by atoms with Crippen molar-refractivity contribution in [2.24, 2.45) is 23.5 Å². The van der Waals surface area contributed by atoms with E-state index in [1.165, 1.54) is 19.3 Å². The molecule has 2 unspecified atom stereocenters. The molecule has 1 heterocycles. The Bertz CT molecular complexity index is 424. The minimum atomic E-state index is 0. The second-order valence-corrected chi connectivity index (χ2v) is 7.50. The maximum Gasteiger partial charge on any atom is 0.223 e. The highest BCUT2D eigenvalue weighted by molar-refractivity contribution is 5.85. The molecular weight excluding hydrogens is 314 g/mol. The van der Waals surface area contributed by atoms with Crippen LogP contribution in [0.25, 0.3) is 0 Å². The van der Waals surface area contributed by atoms with Crippen molar-refractivity contribution < 1.29 is 9.59 Å². The van der Waals surface area contributed by atoms with E-state index in [-0.39, 0.29) is 30.1 Å². The number of nitrogens with zero attached hydrogens (tertiary/aromatic N) is 1. The van der Waals surface area contributed by atoms with Gasteiger partial charge in [-0.15, -0.1) is 12.4 Å². The van der Waals surface area contributed by atoms with Crippen molar-refractivity contribution in [2.75, 3.05) is 13.1 Å². The second-order valence-electron chi connectivity index (χ2n) is 7.50. The summed E-state index contributed by atoms with van der Waals surface area (Å²) in [6.07, 6.45) is 7.41. The molecule has 3 N–H and O–H groups in total. The molecule has 3 rings (SSSR count). The Morgan fingerprint density at radius 2 is 1.61 bits per heavy atom. The Labute approximate surface area is 145 Å². The van der Waals surface area contributed by atoms with Crippen molar-refractivity contribution in [3.05, 3.63) is 0 Å². The number of nitrogens with two attached hydrogens (primary N) is 1. The van der Waals surface area contributed by atoms with Gasteiger partial charge in [0.25, 0.3) is 0 Å². The molecule has 1 saturated heterocycles. The molecule has 0 aromatic rings.